The van der Waals surface area contributed by atoms with E-state index < -0.39 is 6.10 Å². The molecule has 0 amide bonds. The van der Waals surface area contributed by atoms with E-state index in [1.165, 1.54) is 9.75 Å². The van der Waals surface area contributed by atoms with Gasteiger partial charge in [0.25, 0.3) is 0 Å². The fourth-order valence-corrected chi connectivity index (χ4v) is 3.07. The van der Waals surface area contributed by atoms with Crippen molar-refractivity contribution in [3.63, 3.8) is 0 Å². The molecule has 4 heteroatoms. The van der Waals surface area contributed by atoms with E-state index in [0.29, 0.717) is 13.2 Å². The number of benzene rings is 1. The third-order valence-electron chi connectivity index (χ3n) is 3.30. The first-order valence-electron chi connectivity index (χ1n) is 7.19. The van der Waals surface area contributed by atoms with Gasteiger partial charge in [0.2, 0.25) is 0 Å². The van der Waals surface area contributed by atoms with Crippen LogP contribution in [-0.2, 0) is 6.54 Å². The number of hydrogen-bond donors (Lipinski definition) is 2. The summed E-state index contributed by atoms with van der Waals surface area (Å²) in [5.74, 6) is 0.880. The zero-order valence-electron chi connectivity index (χ0n) is 12.8. The molecule has 0 spiro atoms. The smallest absolute Gasteiger partial charge is 0.125 e. The fourth-order valence-electron chi connectivity index (χ4n) is 2.21. The van der Waals surface area contributed by atoms with Gasteiger partial charge in [0.1, 0.15) is 18.5 Å². The standard InChI is InChI=1S/C17H23NO2S/c1-12-5-4-6-13(2)17(12)20-11-15(19)9-18-10-16-8-7-14(3)21-16/h4-8,15,18-19H,9-11H2,1-3H3. The summed E-state index contributed by atoms with van der Waals surface area (Å²) in [6, 6.07) is 10.3. The number of hydrogen-bond acceptors (Lipinski definition) is 4. The Kier molecular flexibility index (Phi) is 5.79. The first-order chi connectivity index (χ1) is 10.1. The minimum absolute atomic E-state index is 0.308. The second-order valence-electron chi connectivity index (χ2n) is 5.33. The molecule has 1 heterocycles. The summed E-state index contributed by atoms with van der Waals surface area (Å²) in [4.78, 5) is 2.60. The van der Waals surface area contributed by atoms with Crippen molar-refractivity contribution in [3.8, 4) is 5.75 Å². The van der Waals surface area contributed by atoms with E-state index in [4.69, 9.17) is 4.74 Å². The van der Waals surface area contributed by atoms with Gasteiger partial charge in [-0.3, -0.25) is 0 Å². The highest BCUT2D eigenvalue weighted by atomic mass is 32.1. The van der Waals surface area contributed by atoms with Crippen LogP contribution >= 0.6 is 11.3 Å². The number of aliphatic hydroxyl groups excluding tert-OH is 1. The number of thiophene rings is 1. The molecule has 0 fully saturated rings. The molecule has 1 aromatic carbocycles. The van der Waals surface area contributed by atoms with Crippen molar-refractivity contribution in [2.45, 2.75) is 33.4 Å². The number of para-hydroxylation sites is 1. The van der Waals surface area contributed by atoms with Crippen LogP contribution in [-0.4, -0.2) is 24.4 Å². The molecule has 3 nitrogen and oxygen atoms in total. The molecule has 0 aliphatic carbocycles. The third kappa shape index (κ3) is 4.84. The van der Waals surface area contributed by atoms with Crippen LogP contribution in [0.4, 0.5) is 0 Å². The predicted molar refractivity (Wildman–Crippen MR) is 88.2 cm³/mol. The van der Waals surface area contributed by atoms with Gasteiger partial charge >= 0.3 is 0 Å². The summed E-state index contributed by atoms with van der Waals surface area (Å²) >= 11 is 1.78. The number of nitrogens with one attached hydrogen (secondary N) is 1. The third-order valence-corrected chi connectivity index (χ3v) is 4.30. The van der Waals surface area contributed by atoms with Gasteiger partial charge in [-0.25, -0.2) is 0 Å². The van der Waals surface area contributed by atoms with Crippen LogP contribution in [0.25, 0.3) is 0 Å². The van der Waals surface area contributed by atoms with E-state index in [1.807, 2.05) is 32.0 Å². The average molecular weight is 305 g/mol. The Hall–Kier alpha value is -1.36. The molecule has 1 aromatic heterocycles. The van der Waals surface area contributed by atoms with Crippen LogP contribution in [0.1, 0.15) is 20.9 Å². The zero-order chi connectivity index (χ0) is 15.2. The number of ether oxygens (including phenoxy) is 1. The Morgan fingerprint density at radius 3 is 2.48 bits per heavy atom. The summed E-state index contributed by atoms with van der Waals surface area (Å²) in [6.07, 6.45) is -0.509. The van der Waals surface area contributed by atoms with Crippen molar-refractivity contribution in [2.24, 2.45) is 0 Å². The van der Waals surface area contributed by atoms with Crippen LogP contribution < -0.4 is 10.1 Å². The Morgan fingerprint density at radius 1 is 1.14 bits per heavy atom. The summed E-state index contributed by atoms with van der Waals surface area (Å²) in [7, 11) is 0. The monoisotopic (exact) mass is 305 g/mol. The molecule has 0 saturated heterocycles. The van der Waals surface area contributed by atoms with Gasteiger partial charge < -0.3 is 15.2 Å². The Balaban J connectivity index is 1.73. The average Bonchev–Trinajstić information content (AvgIpc) is 2.84. The maximum Gasteiger partial charge on any atom is 0.125 e. The summed E-state index contributed by atoms with van der Waals surface area (Å²) in [6.45, 7) is 7.77. The van der Waals surface area contributed by atoms with Gasteiger partial charge in [-0.1, -0.05) is 18.2 Å². The van der Waals surface area contributed by atoms with Crippen molar-refractivity contribution in [3.05, 3.63) is 51.2 Å². The Labute approximate surface area is 130 Å². The topological polar surface area (TPSA) is 41.5 Å². The van der Waals surface area contributed by atoms with Crippen molar-refractivity contribution in [1.29, 1.82) is 0 Å². The molecule has 1 atom stereocenters. The lowest BCUT2D eigenvalue weighted by molar-refractivity contribution is 0.105. The van der Waals surface area contributed by atoms with Crippen molar-refractivity contribution >= 4 is 11.3 Å². The Bertz CT molecular complexity index is 560. The molecule has 0 saturated carbocycles. The van der Waals surface area contributed by atoms with Crippen LogP contribution in [0.15, 0.2) is 30.3 Å². The molecule has 2 aromatic rings. The largest absolute Gasteiger partial charge is 0.490 e. The van der Waals surface area contributed by atoms with E-state index in [2.05, 4.69) is 24.4 Å². The highest BCUT2D eigenvalue weighted by molar-refractivity contribution is 7.11. The van der Waals surface area contributed by atoms with Crippen molar-refractivity contribution in [1.82, 2.24) is 5.32 Å². The second-order valence-corrected chi connectivity index (χ2v) is 6.70. The number of aryl methyl sites for hydroxylation is 3. The maximum atomic E-state index is 9.99. The molecular formula is C17H23NO2S. The molecule has 2 rings (SSSR count). The fraction of sp³-hybridized carbons (Fsp3) is 0.412. The highest BCUT2D eigenvalue weighted by Crippen LogP contribution is 2.22. The first-order valence-corrected chi connectivity index (χ1v) is 8.01. The van der Waals surface area contributed by atoms with Crippen LogP contribution in [0.5, 0.6) is 5.75 Å². The molecular weight excluding hydrogens is 282 g/mol. The minimum atomic E-state index is -0.509. The Morgan fingerprint density at radius 2 is 1.86 bits per heavy atom. The van der Waals surface area contributed by atoms with Crippen LogP contribution in [0, 0.1) is 20.8 Å². The zero-order valence-corrected chi connectivity index (χ0v) is 13.7. The van der Waals surface area contributed by atoms with Crippen molar-refractivity contribution < 1.29 is 9.84 Å². The molecule has 0 radical (unpaired) electrons. The lowest BCUT2D eigenvalue weighted by Gasteiger charge is -2.16. The minimum Gasteiger partial charge on any atom is -0.490 e. The lowest BCUT2D eigenvalue weighted by atomic mass is 10.1. The number of rotatable bonds is 7. The summed E-state index contributed by atoms with van der Waals surface area (Å²) in [5, 5.41) is 13.3. The van der Waals surface area contributed by atoms with Gasteiger partial charge in [0.05, 0.1) is 0 Å². The number of aliphatic hydroxyl groups is 1. The molecule has 0 aliphatic rings. The first kappa shape index (κ1) is 16.0. The van der Waals surface area contributed by atoms with Gasteiger partial charge in [0.15, 0.2) is 0 Å². The SMILES string of the molecule is Cc1ccc(CNCC(O)COc2c(C)cccc2C)s1. The van der Waals surface area contributed by atoms with Crippen LogP contribution in [0.2, 0.25) is 0 Å². The van der Waals surface area contributed by atoms with E-state index in [1.54, 1.807) is 11.3 Å². The van der Waals surface area contributed by atoms with Gasteiger partial charge in [-0.05, 0) is 44.0 Å². The van der Waals surface area contributed by atoms with Gasteiger partial charge in [-0.15, -0.1) is 11.3 Å². The maximum absolute atomic E-state index is 9.99. The second kappa shape index (κ2) is 7.59. The van der Waals surface area contributed by atoms with E-state index in [-0.39, 0.29) is 0 Å². The normalized spacial score (nSPS) is 12.4. The molecule has 2 N–H and O–H groups in total. The lowest BCUT2D eigenvalue weighted by Crippen LogP contribution is -2.31. The molecule has 21 heavy (non-hydrogen) atoms. The highest BCUT2D eigenvalue weighted by Gasteiger charge is 2.08. The molecule has 114 valence electrons. The van der Waals surface area contributed by atoms with Crippen molar-refractivity contribution in [2.75, 3.05) is 13.2 Å². The van der Waals surface area contributed by atoms with E-state index >= 15 is 0 Å². The van der Waals surface area contributed by atoms with E-state index in [0.717, 1.165) is 23.4 Å². The van der Waals surface area contributed by atoms with Gasteiger partial charge in [-0.2, -0.15) is 0 Å². The summed E-state index contributed by atoms with van der Waals surface area (Å²) in [5.41, 5.74) is 2.20. The van der Waals surface area contributed by atoms with E-state index in [9.17, 15) is 5.11 Å². The summed E-state index contributed by atoms with van der Waals surface area (Å²) < 4.78 is 5.75. The molecule has 0 bridgehead atoms. The quantitative estimate of drug-likeness (QED) is 0.825. The van der Waals surface area contributed by atoms with Crippen LogP contribution in [0.3, 0.4) is 0 Å². The molecule has 1 unspecified atom stereocenters. The molecule has 0 aliphatic heterocycles. The predicted octanol–water partition coefficient (Wildman–Crippen LogP) is 3.20. The van der Waals surface area contributed by atoms with Gasteiger partial charge in [0, 0.05) is 22.8 Å².